The molecule has 5 heteroatoms. The van der Waals surface area contributed by atoms with E-state index in [1.807, 2.05) is 6.92 Å². The Hall–Kier alpha value is 0.551. The maximum Gasteiger partial charge on any atom is 0.270 e. The second kappa shape index (κ2) is 13.0. The van der Waals surface area contributed by atoms with Crippen LogP contribution >= 0.6 is 0 Å². The Morgan fingerprint density at radius 3 is 2.18 bits per heavy atom. The molecule has 0 spiro atoms. The zero-order valence-corrected chi connectivity index (χ0v) is 14.6. The predicted molar refractivity (Wildman–Crippen MR) is 69.8 cm³/mol. The van der Waals surface area contributed by atoms with Crippen LogP contribution in [0, 0.1) is 10.1 Å². The van der Waals surface area contributed by atoms with Gasteiger partial charge in [-0.05, 0) is 12.8 Å². The number of nitrogens with zero attached hydrogens (tertiary/aromatic N) is 1. The van der Waals surface area contributed by atoms with Crippen LogP contribution in [0.3, 0.4) is 0 Å². The van der Waals surface area contributed by atoms with E-state index in [4.69, 9.17) is 0 Å². The van der Waals surface area contributed by atoms with Crippen LogP contribution in [0.15, 0.2) is 0 Å². The Balaban J connectivity index is 0. The van der Waals surface area contributed by atoms with Gasteiger partial charge in [-0.2, -0.15) is 0 Å². The fraction of sp³-hybridized carbons (Fsp3) is 0.917. The number of Topliss-reactive ketones (excluding diaryl/α,β-unsaturated/α-hetero) is 1. The average molecular weight is 317 g/mol. The molecule has 1 unspecified atom stereocenters. The van der Waals surface area contributed by atoms with E-state index < -0.39 is 11.0 Å². The summed E-state index contributed by atoms with van der Waals surface area (Å²) in [5.41, 5.74) is 0. The van der Waals surface area contributed by atoms with Gasteiger partial charge < -0.3 is 0 Å². The van der Waals surface area contributed by atoms with Crippen LogP contribution in [0.4, 0.5) is 0 Å². The molecule has 0 aromatic rings. The van der Waals surface area contributed by atoms with E-state index in [0.29, 0.717) is 19.3 Å². The third-order valence-electron chi connectivity index (χ3n) is 2.70. The molecule has 0 heterocycles. The van der Waals surface area contributed by atoms with E-state index in [-0.39, 0.29) is 51.3 Å². The van der Waals surface area contributed by atoms with Crippen LogP contribution < -0.4 is 0 Å². The van der Waals surface area contributed by atoms with E-state index in [1.54, 1.807) is 0 Å². The molecule has 1 atom stereocenters. The standard InChI is InChI=1S/C12H23NO3.Sr/c1-3-5-6-7-8-10-11(13(15)16)12(14)9-4-2;/h11H,3-10H2,1-2H3;. The predicted octanol–water partition coefficient (Wildman–Crippen LogP) is 2.98. The molecule has 0 saturated heterocycles. The molecule has 0 aromatic carbocycles. The van der Waals surface area contributed by atoms with E-state index >= 15 is 0 Å². The quantitative estimate of drug-likeness (QED) is 0.269. The van der Waals surface area contributed by atoms with Crippen molar-refractivity contribution in [2.24, 2.45) is 0 Å². The van der Waals surface area contributed by atoms with Crippen molar-refractivity contribution in [3.8, 4) is 0 Å². The minimum atomic E-state index is -0.957. The van der Waals surface area contributed by atoms with E-state index in [9.17, 15) is 14.9 Å². The summed E-state index contributed by atoms with van der Waals surface area (Å²) in [4.78, 5) is 21.8. The van der Waals surface area contributed by atoms with Crippen molar-refractivity contribution in [1.29, 1.82) is 0 Å². The number of ketones is 1. The Morgan fingerprint density at radius 2 is 1.71 bits per heavy atom. The van der Waals surface area contributed by atoms with Crippen molar-refractivity contribution in [1.82, 2.24) is 0 Å². The molecule has 4 nitrogen and oxygen atoms in total. The molecular formula is C12H23NO3Sr. The number of hydrogen-bond acceptors (Lipinski definition) is 3. The molecule has 0 bridgehead atoms. The normalized spacial score (nSPS) is 11.6. The minimum absolute atomic E-state index is 0. The Labute approximate surface area is 141 Å². The molecular weight excluding hydrogens is 294 g/mol. The number of nitro groups is 1. The monoisotopic (exact) mass is 317 g/mol. The molecule has 0 aliphatic heterocycles. The topological polar surface area (TPSA) is 60.2 Å². The van der Waals surface area contributed by atoms with Crippen molar-refractivity contribution in [2.75, 3.05) is 0 Å². The van der Waals surface area contributed by atoms with Gasteiger partial charge >= 0.3 is 0 Å². The maximum atomic E-state index is 11.5. The molecule has 0 aromatic heterocycles. The van der Waals surface area contributed by atoms with Crippen LogP contribution in [0.5, 0.6) is 0 Å². The summed E-state index contributed by atoms with van der Waals surface area (Å²) < 4.78 is 0. The summed E-state index contributed by atoms with van der Waals surface area (Å²) in [6, 6.07) is -0.957. The van der Waals surface area contributed by atoms with Crippen LogP contribution in [0.2, 0.25) is 0 Å². The summed E-state index contributed by atoms with van der Waals surface area (Å²) in [5.74, 6) is -0.206. The fourth-order valence-electron chi connectivity index (χ4n) is 1.74. The first kappa shape index (κ1) is 19.9. The Kier molecular flexibility index (Phi) is 15.2. The number of unbranched alkanes of at least 4 members (excludes halogenated alkanes) is 4. The SMILES string of the molecule is CCCCCCCC(C(=O)CCC)[N+](=O)[O-].[Sr]. The molecule has 96 valence electrons. The van der Waals surface area contributed by atoms with Gasteiger partial charge in [-0.15, -0.1) is 0 Å². The third-order valence-corrected chi connectivity index (χ3v) is 2.70. The first-order chi connectivity index (χ1) is 7.63. The average Bonchev–Trinajstić information content (AvgIpc) is 2.23. The smallest absolute Gasteiger partial charge is 0.270 e. The van der Waals surface area contributed by atoms with Crippen molar-refractivity contribution in [2.45, 2.75) is 71.3 Å². The summed E-state index contributed by atoms with van der Waals surface area (Å²) in [5, 5.41) is 10.7. The summed E-state index contributed by atoms with van der Waals surface area (Å²) in [7, 11) is 0. The Morgan fingerprint density at radius 1 is 1.12 bits per heavy atom. The van der Waals surface area contributed by atoms with Crippen LogP contribution in [-0.2, 0) is 4.79 Å². The molecule has 0 saturated carbocycles. The third kappa shape index (κ3) is 10.2. The molecule has 0 fully saturated rings. The van der Waals surface area contributed by atoms with Gasteiger partial charge in [0, 0.05) is 63.2 Å². The van der Waals surface area contributed by atoms with Gasteiger partial charge in [-0.25, -0.2) is 0 Å². The van der Waals surface area contributed by atoms with Gasteiger partial charge in [0.1, 0.15) is 0 Å². The molecule has 0 amide bonds. The number of hydrogen-bond donors (Lipinski definition) is 0. The summed E-state index contributed by atoms with van der Waals surface area (Å²) in [6.07, 6.45) is 6.68. The van der Waals surface area contributed by atoms with Gasteiger partial charge in [0.25, 0.3) is 6.04 Å². The second-order valence-corrected chi connectivity index (χ2v) is 4.22. The molecule has 0 aliphatic carbocycles. The molecule has 0 aliphatic rings. The molecule has 2 radical (unpaired) electrons. The van der Waals surface area contributed by atoms with Crippen molar-refractivity contribution < 1.29 is 9.72 Å². The summed E-state index contributed by atoms with van der Waals surface area (Å²) >= 11 is 0. The number of rotatable bonds is 10. The maximum absolute atomic E-state index is 11.5. The van der Waals surface area contributed by atoms with Gasteiger partial charge in [0.2, 0.25) is 5.78 Å². The van der Waals surface area contributed by atoms with Gasteiger partial charge in [-0.1, -0.05) is 39.5 Å². The van der Waals surface area contributed by atoms with Crippen LogP contribution in [0.25, 0.3) is 0 Å². The van der Waals surface area contributed by atoms with Crippen molar-refractivity contribution in [3.05, 3.63) is 10.1 Å². The van der Waals surface area contributed by atoms with E-state index in [0.717, 1.165) is 25.7 Å². The van der Waals surface area contributed by atoms with Crippen LogP contribution in [-0.4, -0.2) is 62.2 Å². The molecule has 0 N–H and O–H groups in total. The van der Waals surface area contributed by atoms with Gasteiger partial charge in [-0.3, -0.25) is 14.9 Å². The second-order valence-electron chi connectivity index (χ2n) is 4.22. The van der Waals surface area contributed by atoms with E-state index in [1.165, 1.54) is 6.42 Å². The zero-order chi connectivity index (χ0) is 12.4. The van der Waals surface area contributed by atoms with Crippen molar-refractivity contribution >= 4 is 51.3 Å². The van der Waals surface area contributed by atoms with Crippen LogP contribution in [0.1, 0.15) is 65.2 Å². The number of carbonyl (C=O) groups is 1. The number of carbonyl (C=O) groups excluding carboxylic acids is 1. The largest absolute Gasteiger partial charge is 0.292 e. The molecule has 17 heavy (non-hydrogen) atoms. The van der Waals surface area contributed by atoms with Gasteiger partial charge in [0.15, 0.2) is 0 Å². The summed E-state index contributed by atoms with van der Waals surface area (Å²) in [6.45, 7) is 4.00. The zero-order valence-electron chi connectivity index (χ0n) is 11.1. The Bertz CT molecular complexity index is 222. The minimum Gasteiger partial charge on any atom is -0.292 e. The van der Waals surface area contributed by atoms with Crippen molar-refractivity contribution in [3.63, 3.8) is 0 Å². The first-order valence-electron chi connectivity index (χ1n) is 6.29. The van der Waals surface area contributed by atoms with Gasteiger partial charge in [0.05, 0.1) is 0 Å². The molecule has 0 rings (SSSR count). The fourth-order valence-corrected chi connectivity index (χ4v) is 1.74. The van der Waals surface area contributed by atoms with E-state index in [2.05, 4.69) is 6.92 Å². The first-order valence-corrected chi connectivity index (χ1v) is 6.29.